The Labute approximate surface area is 106 Å². The maximum atomic E-state index is 11.9. The van der Waals surface area contributed by atoms with Gasteiger partial charge in [0, 0.05) is 13.6 Å². The van der Waals surface area contributed by atoms with E-state index < -0.39 is 6.04 Å². The maximum Gasteiger partial charge on any atom is 0.270 e. The predicted octanol–water partition coefficient (Wildman–Crippen LogP) is 0.378. The average Bonchev–Trinajstić information content (AvgIpc) is 2.39. The molecule has 0 aromatic carbocycles. The van der Waals surface area contributed by atoms with Crippen LogP contribution in [-0.4, -0.2) is 36.4 Å². The lowest BCUT2D eigenvalue weighted by Crippen LogP contribution is -2.44. The van der Waals surface area contributed by atoms with Crippen LogP contribution in [0.2, 0.25) is 0 Å². The molecule has 1 unspecified atom stereocenters. The van der Waals surface area contributed by atoms with E-state index in [2.05, 4.69) is 20.9 Å². The molecule has 0 aliphatic heterocycles. The Balaban J connectivity index is 2.67. The summed E-state index contributed by atoms with van der Waals surface area (Å²) >= 11 is 0. The first kappa shape index (κ1) is 14.0. The first-order chi connectivity index (χ1) is 8.58. The van der Waals surface area contributed by atoms with Crippen LogP contribution in [0.4, 0.5) is 5.82 Å². The first-order valence-electron chi connectivity index (χ1n) is 5.81. The van der Waals surface area contributed by atoms with Crippen molar-refractivity contribution in [3.05, 3.63) is 23.9 Å². The second-order valence-electron chi connectivity index (χ2n) is 3.75. The van der Waals surface area contributed by atoms with Gasteiger partial charge in [-0.15, -0.1) is 0 Å². The highest BCUT2D eigenvalue weighted by atomic mass is 16.2. The SMILES string of the molecule is CCNC(=O)C(C)NC(=O)c1cccc(NC)n1. The van der Waals surface area contributed by atoms with Crippen LogP contribution in [0.5, 0.6) is 0 Å². The Morgan fingerprint density at radius 1 is 1.39 bits per heavy atom. The van der Waals surface area contributed by atoms with E-state index in [1.165, 1.54) is 0 Å². The van der Waals surface area contributed by atoms with Gasteiger partial charge in [0.05, 0.1) is 0 Å². The molecule has 1 aromatic heterocycles. The fourth-order valence-corrected chi connectivity index (χ4v) is 1.36. The molecule has 98 valence electrons. The standard InChI is InChI=1S/C12H18N4O2/c1-4-14-11(17)8(2)15-12(18)9-6-5-7-10(13-3)16-9/h5-8H,4H2,1-3H3,(H,13,16)(H,14,17)(H,15,18). The lowest BCUT2D eigenvalue weighted by molar-refractivity contribution is -0.122. The molecule has 3 N–H and O–H groups in total. The molecule has 0 spiro atoms. The average molecular weight is 250 g/mol. The summed E-state index contributed by atoms with van der Waals surface area (Å²) in [6.45, 7) is 3.99. The quantitative estimate of drug-likeness (QED) is 0.705. The fourth-order valence-electron chi connectivity index (χ4n) is 1.36. The van der Waals surface area contributed by atoms with Crippen LogP contribution in [0.15, 0.2) is 18.2 Å². The first-order valence-corrected chi connectivity index (χ1v) is 5.81. The molecule has 0 saturated carbocycles. The van der Waals surface area contributed by atoms with E-state index in [4.69, 9.17) is 0 Å². The minimum Gasteiger partial charge on any atom is -0.373 e. The molecule has 6 heteroatoms. The number of carbonyl (C=O) groups is 2. The molecule has 6 nitrogen and oxygen atoms in total. The number of pyridine rings is 1. The summed E-state index contributed by atoms with van der Waals surface area (Å²) in [5.74, 6) is 0.0230. The largest absolute Gasteiger partial charge is 0.373 e. The molecule has 0 aliphatic carbocycles. The lowest BCUT2D eigenvalue weighted by Gasteiger charge is -2.13. The van der Waals surface area contributed by atoms with Crippen LogP contribution in [0.25, 0.3) is 0 Å². The number of nitrogens with one attached hydrogen (secondary N) is 3. The smallest absolute Gasteiger partial charge is 0.270 e. The summed E-state index contributed by atoms with van der Waals surface area (Å²) in [6, 6.07) is 4.49. The molecular weight excluding hydrogens is 232 g/mol. The Kier molecular flexibility index (Phi) is 5.10. The van der Waals surface area contributed by atoms with Crippen LogP contribution in [0.3, 0.4) is 0 Å². The van der Waals surface area contributed by atoms with Gasteiger partial charge in [0.15, 0.2) is 0 Å². The van der Waals surface area contributed by atoms with Gasteiger partial charge in [-0.2, -0.15) is 0 Å². The summed E-state index contributed by atoms with van der Waals surface area (Å²) < 4.78 is 0. The van der Waals surface area contributed by atoms with Crippen LogP contribution < -0.4 is 16.0 Å². The summed E-state index contributed by atoms with van der Waals surface area (Å²) in [5, 5.41) is 8.08. The van der Waals surface area contributed by atoms with Crippen molar-refractivity contribution in [2.24, 2.45) is 0 Å². The molecule has 1 heterocycles. The zero-order valence-corrected chi connectivity index (χ0v) is 10.8. The second-order valence-corrected chi connectivity index (χ2v) is 3.75. The topological polar surface area (TPSA) is 83.1 Å². The summed E-state index contributed by atoms with van der Waals surface area (Å²) in [7, 11) is 1.72. The van der Waals surface area contributed by atoms with E-state index in [1.54, 1.807) is 32.2 Å². The minimum atomic E-state index is -0.586. The molecular formula is C12H18N4O2. The molecule has 18 heavy (non-hydrogen) atoms. The summed E-state index contributed by atoms with van der Waals surface area (Å²) in [4.78, 5) is 27.4. The van der Waals surface area contributed by atoms with Crippen molar-refractivity contribution in [1.82, 2.24) is 15.6 Å². The van der Waals surface area contributed by atoms with E-state index in [1.807, 2.05) is 6.92 Å². The van der Waals surface area contributed by atoms with E-state index in [-0.39, 0.29) is 17.5 Å². The summed E-state index contributed by atoms with van der Waals surface area (Å²) in [6.07, 6.45) is 0. The Bertz CT molecular complexity index is 434. The van der Waals surface area contributed by atoms with Gasteiger partial charge in [-0.3, -0.25) is 9.59 Å². The zero-order chi connectivity index (χ0) is 13.5. The molecule has 1 atom stereocenters. The van der Waals surface area contributed by atoms with Crippen molar-refractivity contribution < 1.29 is 9.59 Å². The van der Waals surface area contributed by atoms with Gasteiger partial charge < -0.3 is 16.0 Å². The summed E-state index contributed by atoms with van der Waals surface area (Å²) in [5.41, 5.74) is 0.276. The number of likely N-dealkylation sites (N-methyl/N-ethyl adjacent to an activating group) is 1. The van der Waals surface area contributed by atoms with Gasteiger partial charge in [-0.05, 0) is 26.0 Å². The van der Waals surface area contributed by atoms with Crippen molar-refractivity contribution in [2.75, 3.05) is 18.9 Å². The number of aromatic nitrogens is 1. The monoisotopic (exact) mass is 250 g/mol. The molecule has 0 aliphatic rings. The number of hydrogen-bond acceptors (Lipinski definition) is 4. The lowest BCUT2D eigenvalue weighted by atomic mass is 10.2. The van der Waals surface area contributed by atoms with E-state index in [0.29, 0.717) is 12.4 Å². The highest BCUT2D eigenvalue weighted by Crippen LogP contribution is 2.03. The maximum absolute atomic E-state index is 11.9. The molecule has 1 aromatic rings. The van der Waals surface area contributed by atoms with Gasteiger partial charge >= 0.3 is 0 Å². The minimum absolute atomic E-state index is 0.212. The Morgan fingerprint density at radius 3 is 2.72 bits per heavy atom. The van der Waals surface area contributed by atoms with Crippen LogP contribution in [0.1, 0.15) is 24.3 Å². The predicted molar refractivity (Wildman–Crippen MR) is 69.4 cm³/mol. The van der Waals surface area contributed by atoms with Crippen molar-refractivity contribution in [2.45, 2.75) is 19.9 Å². The third-order valence-corrected chi connectivity index (χ3v) is 2.33. The van der Waals surface area contributed by atoms with Crippen molar-refractivity contribution in [3.63, 3.8) is 0 Å². The third kappa shape index (κ3) is 3.73. The van der Waals surface area contributed by atoms with Gasteiger partial charge in [-0.25, -0.2) is 4.98 Å². The number of rotatable bonds is 5. The Morgan fingerprint density at radius 2 is 2.11 bits per heavy atom. The zero-order valence-electron chi connectivity index (χ0n) is 10.8. The number of nitrogens with zero attached hydrogens (tertiary/aromatic N) is 1. The number of hydrogen-bond donors (Lipinski definition) is 3. The normalized spacial score (nSPS) is 11.5. The van der Waals surface area contributed by atoms with Crippen LogP contribution in [0, 0.1) is 0 Å². The highest BCUT2D eigenvalue weighted by molar-refractivity contribution is 5.96. The Hall–Kier alpha value is -2.11. The molecule has 2 amide bonds. The van der Waals surface area contributed by atoms with E-state index in [9.17, 15) is 9.59 Å². The van der Waals surface area contributed by atoms with Gasteiger partial charge in [-0.1, -0.05) is 6.07 Å². The van der Waals surface area contributed by atoms with Crippen molar-refractivity contribution >= 4 is 17.6 Å². The van der Waals surface area contributed by atoms with Crippen LogP contribution >= 0.6 is 0 Å². The van der Waals surface area contributed by atoms with E-state index in [0.717, 1.165) is 0 Å². The van der Waals surface area contributed by atoms with Gasteiger partial charge in [0.1, 0.15) is 17.6 Å². The van der Waals surface area contributed by atoms with E-state index >= 15 is 0 Å². The molecule has 0 saturated heterocycles. The van der Waals surface area contributed by atoms with Gasteiger partial charge in [0.25, 0.3) is 5.91 Å². The molecule has 0 radical (unpaired) electrons. The number of amides is 2. The molecule has 0 bridgehead atoms. The fraction of sp³-hybridized carbons (Fsp3) is 0.417. The second kappa shape index (κ2) is 6.58. The van der Waals surface area contributed by atoms with Crippen molar-refractivity contribution in [1.29, 1.82) is 0 Å². The highest BCUT2D eigenvalue weighted by Gasteiger charge is 2.16. The number of anilines is 1. The van der Waals surface area contributed by atoms with Gasteiger partial charge in [0.2, 0.25) is 5.91 Å². The molecule has 1 rings (SSSR count). The van der Waals surface area contributed by atoms with Crippen LogP contribution in [-0.2, 0) is 4.79 Å². The number of carbonyl (C=O) groups excluding carboxylic acids is 2. The third-order valence-electron chi connectivity index (χ3n) is 2.33. The van der Waals surface area contributed by atoms with Crippen molar-refractivity contribution in [3.8, 4) is 0 Å². The molecule has 0 fully saturated rings.